The quantitative estimate of drug-likeness (QED) is 0.744. The van der Waals surface area contributed by atoms with Crippen LogP contribution in [0.15, 0.2) is 6.07 Å². The summed E-state index contributed by atoms with van der Waals surface area (Å²) in [5.41, 5.74) is -0.896. The van der Waals surface area contributed by atoms with Crippen molar-refractivity contribution in [2.75, 3.05) is 36.5 Å². The smallest absolute Gasteiger partial charge is 0.433 e. The number of halogens is 3. The highest BCUT2D eigenvalue weighted by molar-refractivity contribution is 5.69. The Morgan fingerprint density at radius 1 is 1.30 bits per heavy atom. The van der Waals surface area contributed by atoms with Gasteiger partial charge in [0.05, 0.1) is 7.11 Å². The first-order valence-corrected chi connectivity index (χ1v) is 9.31. The third-order valence-electron chi connectivity index (χ3n) is 6.25. The summed E-state index contributed by atoms with van der Waals surface area (Å²) in [6.07, 6.45) is -2.19. The number of carbonyl (C=O) groups excluding carboxylic acids is 1. The van der Waals surface area contributed by atoms with Crippen LogP contribution < -0.4 is 9.80 Å². The summed E-state index contributed by atoms with van der Waals surface area (Å²) in [4.78, 5) is 23.5. The van der Waals surface area contributed by atoms with Crippen molar-refractivity contribution in [1.82, 2.24) is 9.97 Å². The van der Waals surface area contributed by atoms with Gasteiger partial charge in [-0.1, -0.05) is 0 Å². The topological polar surface area (TPSA) is 58.6 Å². The SMILES string of the molecule is COC(=O)C[C@@H]1[C@@H]2C[C@H]1CN(c1cc(C(F)(F)F)nc(N3CCC3C)n1)C2. The molecule has 1 saturated carbocycles. The van der Waals surface area contributed by atoms with Crippen LogP contribution in [0.1, 0.15) is 31.9 Å². The maximum atomic E-state index is 13.3. The minimum Gasteiger partial charge on any atom is -0.469 e. The van der Waals surface area contributed by atoms with Crippen LogP contribution in [-0.2, 0) is 15.7 Å². The maximum absolute atomic E-state index is 13.3. The molecule has 9 heteroatoms. The van der Waals surface area contributed by atoms with Crippen LogP contribution in [0.4, 0.5) is 24.9 Å². The number of anilines is 2. The van der Waals surface area contributed by atoms with E-state index in [1.54, 1.807) is 0 Å². The Kier molecular flexibility index (Phi) is 4.43. The molecule has 3 saturated heterocycles. The predicted octanol–water partition coefficient (Wildman–Crippen LogP) is 2.73. The molecule has 27 heavy (non-hydrogen) atoms. The highest BCUT2D eigenvalue weighted by Crippen LogP contribution is 2.48. The highest BCUT2D eigenvalue weighted by Gasteiger charge is 2.48. The van der Waals surface area contributed by atoms with Crippen molar-refractivity contribution in [3.8, 4) is 0 Å². The molecule has 1 aliphatic carbocycles. The summed E-state index contributed by atoms with van der Waals surface area (Å²) in [5.74, 6) is 1.10. The number of rotatable bonds is 4. The van der Waals surface area contributed by atoms with E-state index in [0.717, 1.165) is 18.9 Å². The van der Waals surface area contributed by atoms with Crippen LogP contribution in [0.3, 0.4) is 0 Å². The van der Waals surface area contributed by atoms with Crippen molar-refractivity contribution in [3.63, 3.8) is 0 Å². The minimum atomic E-state index is -4.51. The van der Waals surface area contributed by atoms with Crippen LogP contribution in [0.5, 0.6) is 0 Å². The van der Waals surface area contributed by atoms with Crippen molar-refractivity contribution >= 4 is 17.7 Å². The number of esters is 1. The van der Waals surface area contributed by atoms with Crippen molar-refractivity contribution < 1.29 is 22.7 Å². The Morgan fingerprint density at radius 2 is 2.00 bits per heavy atom. The molecule has 4 atom stereocenters. The molecule has 1 unspecified atom stereocenters. The highest BCUT2D eigenvalue weighted by atomic mass is 19.4. The van der Waals surface area contributed by atoms with E-state index in [1.807, 2.05) is 16.7 Å². The van der Waals surface area contributed by atoms with E-state index in [1.165, 1.54) is 7.11 Å². The third-order valence-corrected chi connectivity index (χ3v) is 6.25. The lowest BCUT2D eigenvalue weighted by atomic mass is 9.60. The van der Waals surface area contributed by atoms with Gasteiger partial charge in [-0.3, -0.25) is 4.79 Å². The van der Waals surface area contributed by atoms with Crippen molar-refractivity contribution in [2.45, 2.75) is 38.4 Å². The van der Waals surface area contributed by atoms with Gasteiger partial charge in [0.2, 0.25) is 5.95 Å². The molecule has 4 fully saturated rings. The van der Waals surface area contributed by atoms with Crippen LogP contribution >= 0.6 is 0 Å². The number of hydrogen-bond acceptors (Lipinski definition) is 6. The van der Waals surface area contributed by atoms with Crippen LogP contribution in [0.2, 0.25) is 0 Å². The third kappa shape index (κ3) is 3.32. The average molecular weight is 384 g/mol. The number of methoxy groups -OCH3 is 1. The van der Waals surface area contributed by atoms with Crippen LogP contribution in [0, 0.1) is 17.8 Å². The van der Waals surface area contributed by atoms with Crippen molar-refractivity contribution in [1.29, 1.82) is 0 Å². The number of fused-ring (bicyclic) bond motifs is 2. The van der Waals surface area contributed by atoms with Gasteiger partial charge in [-0.2, -0.15) is 18.2 Å². The summed E-state index contributed by atoms with van der Waals surface area (Å²) in [6.45, 7) is 3.86. The molecule has 5 rings (SSSR count). The molecule has 4 heterocycles. The van der Waals surface area contributed by atoms with E-state index in [9.17, 15) is 18.0 Å². The first-order chi connectivity index (χ1) is 12.8. The molecule has 1 aromatic heterocycles. The Morgan fingerprint density at radius 3 is 2.52 bits per heavy atom. The molecule has 0 N–H and O–H groups in total. The van der Waals surface area contributed by atoms with E-state index in [2.05, 4.69) is 9.97 Å². The normalized spacial score (nSPS) is 29.8. The number of aromatic nitrogens is 2. The molecule has 6 nitrogen and oxygen atoms in total. The van der Waals surface area contributed by atoms with E-state index in [0.29, 0.717) is 43.7 Å². The van der Waals surface area contributed by atoms with E-state index >= 15 is 0 Å². The number of alkyl halides is 3. The zero-order valence-corrected chi connectivity index (χ0v) is 15.4. The second-order valence-electron chi connectivity index (χ2n) is 7.85. The van der Waals surface area contributed by atoms with Gasteiger partial charge in [0, 0.05) is 38.2 Å². The lowest BCUT2D eigenvalue weighted by molar-refractivity contribution is -0.145. The van der Waals surface area contributed by atoms with Crippen LogP contribution in [-0.4, -0.2) is 48.7 Å². The number of hydrogen-bond donors (Lipinski definition) is 0. The van der Waals surface area contributed by atoms with Gasteiger partial charge in [0.1, 0.15) is 5.82 Å². The first kappa shape index (κ1) is 18.3. The lowest BCUT2D eigenvalue weighted by Crippen LogP contribution is -2.56. The summed E-state index contributed by atoms with van der Waals surface area (Å²) < 4.78 is 44.8. The standard InChI is InChI=1S/C18H23F3N4O2/c1-10-3-4-25(10)17-22-14(18(19,20)21)7-15(23-17)24-8-11-5-12(9-24)13(11)6-16(26)27-2/h7,10-13H,3-6,8-9H2,1-2H3/t10?,11-,12+,13-. The van der Waals surface area contributed by atoms with Gasteiger partial charge in [0.15, 0.2) is 5.69 Å². The van der Waals surface area contributed by atoms with Crippen molar-refractivity contribution in [2.24, 2.45) is 17.8 Å². The van der Waals surface area contributed by atoms with E-state index in [4.69, 9.17) is 4.74 Å². The number of ether oxygens (including phenoxy) is 1. The Balaban J connectivity index is 1.55. The van der Waals surface area contributed by atoms with Gasteiger partial charge in [0.25, 0.3) is 0 Å². The molecular formula is C18H23F3N4O2. The second-order valence-corrected chi connectivity index (χ2v) is 7.85. The number of carbonyl (C=O) groups is 1. The fourth-order valence-corrected chi connectivity index (χ4v) is 4.46. The molecule has 0 radical (unpaired) electrons. The fourth-order valence-electron chi connectivity index (χ4n) is 4.46. The fraction of sp³-hybridized carbons (Fsp3) is 0.722. The van der Waals surface area contributed by atoms with Gasteiger partial charge < -0.3 is 14.5 Å². The van der Waals surface area contributed by atoms with E-state index in [-0.39, 0.29) is 23.9 Å². The average Bonchev–Trinajstić information content (AvgIpc) is 2.63. The van der Waals surface area contributed by atoms with Gasteiger partial charge >= 0.3 is 12.1 Å². The predicted molar refractivity (Wildman–Crippen MR) is 92.4 cm³/mol. The summed E-state index contributed by atoms with van der Waals surface area (Å²) >= 11 is 0. The minimum absolute atomic E-state index is 0.153. The van der Waals surface area contributed by atoms with Gasteiger partial charge in [-0.05, 0) is 37.5 Å². The van der Waals surface area contributed by atoms with Crippen molar-refractivity contribution in [3.05, 3.63) is 11.8 Å². The molecule has 148 valence electrons. The first-order valence-electron chi connectivity index (χ1n) is 9.31. The largest absolute Gasteiger partial charge is 0.469 e. The lowest BCUT2D eigenvalue weighted by Gasteiger charge is -2.54. The molecule has 0 spiro atoms. The Bertz CT molecular complexity index is 730. The molecule has 2 bridgehead atoms. The second kappa shape index (κ2) is 6.53. The maximum Gasteiger partial charge on any atom is 0.433 e. The molecule has 0 amide bonds. The van der Waals surface area contributed by atoms with Crippen LogP contribution in [0.25, 0.3) is 0 Å². The zero-order valence-electron chi connectivity index (χ0n) is 15.4. The Hall–Kier alpha value is -2.06. The Labute approximate surface area is 155 Å². The number of nitrogens with zero attached hydrogens (tertiary/aromatic N) is 4. The summed E-state index contributed by atoms with van der Waals surface area (Å²) in [7, 11) is 1.38. The zero-order chi connectivity index (χ0) is 19.3. The monoisotopic (exact) mass is 384 g/mol. The van der Waals surface area contributed by atoms with Gasteiger partial charge in [-0.15, -0.1) is 0 Å². The van der Waals surface area contributed by atoms with Gasteiger partial charge in [-0.25, -0.2) is 4.98 Å². The molecule has 0 aromatic carbocycles. The molecular weight excluding hydrogens is 361 g/mol. The summed E-state index contributed by atoms with van der Waals surface area (Å²) in [6, 6.07) is 1.20. The molecule has 3 aliphatic heterocycles. The summed E-state index contributed by atoms with van der Waals surface area (Å²) in [5, 5.41) is 0. The van der Waals surface area contributed by atoms with E-state index < -0.39 is 11.9 Å². The number of piperidine rings is 2. The molecule has 4 aliphatic rings. The molecule has 1 aromatic rings.